The van der Waals surface area contributed by atoms with Gasteiger partial charge in [0, 0.05) is 19.0 Å². The van der Waals surface area contributed by atoms with Crippen LogP contribution in [0.3, 0.4) is 0 Å². The van der Waals surface area contributed by atoms with Crippen molar-refractivity contribution in [3.63, 3.8) is 0 Å². The Bertz CT molecular complexity index is 983. The van der Waals surface area contributed by atoms with Crippen LogP contribution in [0.25, 0.3) is 0 Å². The van der Waals surface area contributed by atoms with Gasteiger partial charge in [0.15, 0.2) is 11.5 Å². The Morgan fingerprint density at radius 3 is 2.25 bits per heavy atom. The smallest absolute Gasteiger partial charge is 0.242 e. The highest BCUT2D eigenvalue weighted by molar-refractivity contribution is 5.87. The quantitative estimate of drug-likeness (QED) is 0.418. The molecule has 0 bridgehead atoms. The van der Waals surface area contributed by atoms with Crippen LogP contribution >= 0.6 is 0 Å². The molecule has 1 N–H and O–H groups in total. The van der Waals surface area contributed by atoms with Crippen LogP contribution in [-0.4, -0.2) is 42.0 Å². The fraction of sp³-hybridized carbons (Fsp3) is 0.533. The molecule has 1 aliphatic carbocycles. The monoisotopic (exact) mass is 494 g/mol. The molecule has 1 saturated carbocycles. The molecule has 196 valence electrons. The summed E-state index contributed by atoms with van der Waals surface area (Å²) in [4.78, 5) is 28.4. The summed E-state index contributed by atoms with van der Waals surface area (Å²) in [6, 6.07) is 13.6. The summed E-state index contributed by atoms with van der Waals surface area (Å²) in [5.74, 6) is 1.31. The molecule has 0 spiro atoms. The molecule has 0 radical (unpaired) electrons. The lowest BCUT2D eigenvalue weighted by Gasteiger charge is -2.31. The van der Waals surface area contributed by atoms with Gasteiger partial charge in [0.2, 0.25) is 11.8 Å². The Hall–Kier alpha value is -3.02. The van der Waals surface area contributed by atoms with Crippen molar-refractivity contribution in [2.45, 2.75) is 91.3 Å². The number of carbonyl (C=O) groups excluding carboxylic acids is 2. The van der Waals surface area contributed by atoms with Crippen molar-refractivity contribution in [3.8, 4) is 11.5 Å². The predicted molar refractivity (Wildman–Crippen MR) is 143 cm³/mol. The Balaban J connectivity index is 1.71. The van der Waals surface area contributed by atoms with Crippen molar-refractivity contribution in [1.29, 1.82) is 0 Å². The van der Waals surface area contributed by atoms with E-state index in [-0.39, 0.29) is 17.9 Å². The largest absolute Gasteiger partial charge is 0.490 e. The fourth-order valence-corrected chi connectivity index (χ4v) is 4.69. The minimum absolute atomic E-state index is 0.0336. The first-order valence-corrected chi connectivity index (χ1v) is 13.4. The van der Waals surface area contributed by atoms with Gasteiger partial charge in [0.05, 0.1) is 13.2 Å². The summed E-state index contributed by atoms with van der Waals surface area (Å²) in [6.07, 6.45) is 6.44. The van der Waals surface area contributed by atoms with Gasteiger partial charge in [0.25, 0.3) is 0 Å². The normalized spacial score (nSPS) is 14.7. The van der Waals surface area contributed by atoms with Gasteiger partial charge in [-0.2, -0.15) is 0 Å². The van der Waals surface area contributed by atoms with Gasteiger partial charge in [-0.25, -0.2) is 0 Å². The van der Waals surface area contributed by atoms with Crippen molar-refractivity contribution < 1.29 is 19.1 Å². The lowest BCUT2D eigenvalue weighted by atomic mass is 9.95. The minimum atomic E-state index is -0.542. The average Bonchev–Trinajstić information content (AvgIpc) is 2.88. The van der Waals surface area contributed by atoms with E-state index < -0.39 is 6.04 Å². The van der Waals surface area contributed by atoms with E-state index in [1.54, 1.807) is 4.90 Å². The molecule has 0 aliphatic heterocycles. The minimum Gasteiger partial charge on any atom is -0.490 e. The summed E-state index contributed by atoms with van der Waals surface area (Å²) in [5, 5.41) is 3.20. The van der Waals surface area contributed by atoms with Gasteiger partial charge in [-0.1, -0.05) is 55.2 Å². The topological polar surface area (TPSA) is 67.9 Å². The zero-order chi connectivity index (χ0) is 25.9. The van der Waals surface area contributed by atoms with Gasteiger partial charge in [-0.3, -0.25) is 9.59 Å². The van der Waals surface area contributed by atoms with E-state index in [0.29, 0.717) is 44.1 Å². The molecule has 2 amide bonds. The van der Waals surface area contributed by atoms with Crippen molar-refractivity contribution in [2.75, 3.05) is 13.2 Å². The lowest BCUT2D eigenvalue weighted by Crippen LogP contribution is -2.50. The molecule has 0 unspecified atom stereocenters. The maximum absolute atomic E-state index is 13.5. The van der Waals surface area contributed by atoms with E-state index in [4.69, 9.17) is 9.47 Å². The number of carbonyl (C=O) groups is 2. The number of hydrogen-bond acceptors (Lipinski definition) is 4. The van der Waals surface area contributed by atoms with Gasteiger partial charge in [-0.15, -0.1) is 0 Å². The molecular weight excluding hydrogens is 452 g/mol. The molecule has 1 atom stereocenters. The number of benzene rings is 2. The molecule has 3 rings (SSSR count). The number of aryl methyl sites for hydroxylation is 2. The zero-order valence-corrected chi connectivity index (χ0v) is 22.3. The molecule has 0 heterocycles. The van der Waals surface area contributed by atoms with Crippen LogP contribution in [0.5, 0.6) is 11.5 Å². The molecule has 36 heavy (non-hydrogen) atoms. The highest BCUT2D eigenvalue weighted by Gasteiger charge is 2.28. The van der Waals surface area contributed by atoms with Crippen LogP contribution in [-0.2, 0) is 22.6 Å². The third-order valence-corrected chi connectivity index (χ3v) is 6.83. The molecule has 6 nitrogen and oxygen atoms in total. The van der Waals surface area contributed by atoms with Crippen LogP contribution in [0.4, 0.5) is 0 Å². The highest BCUT2D eigenvalue weighted by atomic mass is 16.5. The Labute approximate surface area is 216 Å². The SMILES string of the molecule is CCOc1ccc(CCC(=O)N(Cc2ccc(C)cc2)[C@H](C)C(=O)NC2CCCCC2)cc1OCC. The van der Waals surface area contributed by atoms with Gasteiger partial charge in [-0.05, 0) is 70.2 Å². The summed E-state index contributed by atoms with van der Waals surface area (Å²) in [7, 11) is 0. The molecule has 6 heteroatoms. The van der Waals surface area contributed by atoms with E-state index in [9.17, 15) is 9.59 Å². The first-order chi connectivity index (χ1) is 17.4. The van der Waals surface area contributed by atoms with Crippen LogP contribution < -0.4 is 14.8 Å². The second-order valence-electron chi connectivity index (χ2n) is 9.67. The Morgan fingerprint density at radius 1 is 0.944 bits per heavy atom. The van der Waals surface area contributed by atoms with Gasteiger partial charge < -0.3 is 19.7 Å². The maximum atomic E-state index is 13.5. The van der Waals surface area contributed by atoms with Crippen molar-refractivity contribution in [1.82, 2.24) is 10.2 Å². The van der Waals surface area contributed by atoms with Crippen LogP contribution in [0.2, 0.25) is 0 Å². The Morgan fingerprint density at radius 2 is 1.58 bits per heavy atom. The first-order valence-electron chi connectivity index (χ1n) is 13.4. The van der Waals surface area contributed by atoms with E-state index in [2.05, 4.69) is 5.32 Å². The number of rotatable bonds is 12. The van der Waals surface area contributed by atoms with E-state index in [0.717, 1.165) is 36.8 Å². The van der Waals surface area contributed by atoms with E-state index in [1.165, 1.54) is 12.0 Å². The molecular formula is C30H42N2O4. The molecule has 2 aromatic rings. The van der Waals surface area contributed by atoms with Crippen molar-refractivity contribution in [2.24, 2.45) is 0 Å². The van der Waals surface area contributed by atoms with Crippen molar-refractivity contribution in [3.05, 3.63) is 59.2 Å². The molecule has 0 saturated heterocycles. The fourth-order valence-electron chi connectivity index (χ4n) is 4.69. The van der Waals surface area contributed by atoms with Crippen LogP contribution in [0.15, 0.2) is 42.5 Å². The third kappa shape index (κ3) is 8.00. The second kappa shape index (κ2) is 13.9. The summed E-state index contributed by atoms with van der Waals surface area (Å²) < 4.78 is 11.4. The first kappa shape index (κ1) is 27.6. The second-order valence-corrected chi connectivity index (χ2v) is 9.67. The predicted octanol–water partition coefficient (Wildman–Crippen LogP) is 5.59. The molecule has 2 aromatic carbocycles. The summed E-state index contributed by atoms with van der Waals surface area (Å²) >= 11 is 0. The summed E-state index contributed by atoms with van der Waals surface area (Å²) in [5.41, 5.74) is 3.19. The van der Waals surface area contributed by atoms with Gasteiger partial charge in [0.1, 0.15) is 6.04 Å². The molecule has 1 fully saturated rings. The highest BCUT2D eigenvalue weighted by Crippen LogP contribution is 2.29. The average molecular weight is 495 g/mol. The van der Waals surface area contributed by atoms with Crippen LogP contribution in [0.1, 0.15) is 76.0 Å². The zero-order valence-electron chi connectivity index (χ0n) is 22.3. The number of hydrogen-bond donors (Lipinski definition) is 1. The number of nitrogens with one attached hydrogen (secondary N) is 1. The van der Waals surface area contributed by atoms with Gasteiger partial charge >= 0.3 is 0 Å². The molecule has 0 aromatic heterocycles. The standard InChI is InChI=1S/C30H42N2O4/c1-5-35-27-18-16-24(20-28(27)36-6-2)17-19-29(33)32(21-25-14-12-22(3)13-15-25)23(4)30(34)31-26-10-8-7-9-11-26/h12-16,18,20,23,26H,5-11,17,19,21H2,1-4H3,(H,31,34)/t23-/m1/s1. The number of amides is 2. The molecule has 1 aliphatic rings. The lowest BCUT2D eigenvalue weighted by molar-refractivity contribution is -0.141. The third-order valence-electron chi connectivity index (χ3n) is 6.83. The van der Waals surface area contributed by atoms with E-state index >= 15 is 0 Å². The van der Waals surface area contributed by atoms with Crippen LogP contribution in [0, 0.1) is 6.92 Å². The summed E-state index contributed by atoms with van der Waals surface area (Å²) in [6.45, 7) is 9.28. The Kier molecular flexibility index (Phi) is 10.6. The van der Waals surface area contributed by atoms with E-state index in [1.807, 2.05) is 70.2 Å². The maximum Gasteiger partial charge on any atom is 0.242 e. The number of ether oxygens (including phenoxy) is 2. The van der Waals surface area contributed by atoms with Crippen molar-refractivity contribution >= 4 is 11.8 Å². The number of nitrogens with zero attached hydrogens (tertiary/aromatic N) is 1.